The normalized spacial score (nSPS) is 12.3. The number of halogens is 1. The topological polar surface area (TPSA) is 29.5 Å². The summed E-state index contributed by atoms with van der Waals surface area (Å²) in [6.45, 7) is 3.96. The maximum absolute atomic E-state index is 14.1. The zero-order valence-electron chi connectivity index (χ0n) is 11.3. The first-order chi connectivity index (χ1) is 9.04. The minimum atomic E-state index is -0.991. The molecule has 0 saturated carbocycles. The highest BCUT2D eigenvalue weighted by molar-refractivity contribution is 5.39. The van der Waals surface area contributed by atoms with Crippen molar-refractivity contribution in [1.29, 1.82) is 0 Å². The standard InChI is InChI=1S/C16H17FO2/c1-10-7-8-12(9-11(10)2)16(18)13-5-4-6-14(19-3)15(13)17/h4-9,16,18H,1-3H3. The first-order valence-corrected chi connectivity index (χ1v) is 6.12. The van der Waals surface area contributed by atoms with Crippen LogP contribution < -0.4 is 4.74 Å². The van der Waals surface area contributed by atoms with Crippen molar-refractivity contribution in [2.45, 2.75) is 20.0 Å². The van der Waals surface area contributed by atoms with Gasteiger partial charge in [0, 0.05) is 5.56 Å². The van der Waals surface area contributed by atoms with Crippen molar-refractivity contribution in [1.82, 2.24) is 0 Å². The Morgan fingerprint density at radius 3 is 2.47 bits per heavy atom. The number of aryl methyl sites for hydroxylation is 2. The van der Waals surface area contributed by atoms with Crippen molar-refractivity contribution < 1.29 is 14.2 Å². The molecule has 0 fully saturated rings. The summed E-state index contributed by atoms with van der Waals surface area (Å²) in [4.78, 5) is 0. The summed E-state index contributed by atoms with van der Waals surface area (Å²) in [5, 5.41) is 10.3. The van der Waals surface area contributed by atoms with Crippen molar-refractivity contribution in [3.05, 3.63) is 64.5 Å². The summed E-state index contributed by atoms with van der Waals surface area (Å²) in [6, 6.07) is 10.4. The average molecular weight is 260 g/mol. The third kappa shape index (κ3) is 2.61. The van der Waals surface area contributed by atoms with E-state index in [1.54, 1.807) is 12.1 Å². The van der Waals surface area contributed by atoms with Crippen LogP contribution in [0.1, 0.15) is 28.4 Å². The van der Waals surface area contributed by atoms with Crippen LogP contribution in [-0.2, 0) is 0 Å². The van der Waals surface area contributed by atoms with Crippen molar-refractivity contribution in [3.63, 3.8) is 0 Å². The summed E-state index contributed by atoms with van der Waals surface area (Å²) in [7, 11) is 1.41. The molecule has 0 heterocycles. The number of ether oxygens (including phenoxy) is 1. The molecule has 0 aliphatic heterocycles. The van der Waals surface area contributed by atoms with E-state index in [0.29, 0.717) is 5.56 Å². The van der Waals surface area contributed by atoms with Gasteiger partial charge in [-0.25, -0.2) is 4.39 Å². The molecule has 2 aromatic carbocycles. The van der Waals surface area contributed by atoms with Gasteiger partial charge in [0.1, 0.15) is 6.10 Å². The van der Waals surface area contributed by atoms with Gasteiger partial charge in [0.2, 0.25) is 0 Å². The van der Waals surface area contributed by atoms with Crippen LogP contribution in [0.4, 0.5) is 4.39 Å². The Hall–Kier alpha value is -1.87. The summed E-state index contributed by atoms with van der Waals surface area (Å²) in [5.41, 5.74) is 3.11. The molecular weight excluding hydrogens is 243 g/mol. The first kappa shape index (κ1) is 13.6. The molecule has 2 aromatic rings. The van der Waals surface area contributed by atoms with Crippen LogP contribution in [0.3, 0.4) is 0 Å². The third-order valence-electron chi connectivity index (χ3n) is 3.35. The molecule has 0 radical (unpaired) electrons. The van der Waals surface area contributed by atoms with Crippen molar-refractivity contribution >= 4 is 0 Å². The SMILES string of the molecule is COc1cccc(C(O)c2ccc(C)c(C)c2)c1F. The van der Waals surface area contributed by atoms with Gasteiger partial charge in [0.25, 0.3) is 0 Å². The molecule has 3 heteroatoms. The van der Waals surface area contributed by atoms with Gasteiger partial charge >= 0.3 is 0 Å². The van der Waals surface area contributed by atoms with Gasteiger partial charge in [-0.3, -0.25) is 0 Å². The number of benzene rings is 2. The van der Waals surface area contributed by atoms with E-state index in [0.717, 1.165) is 11.1 Å². The van der Waals surface area contributed by atoms with Crippen molar-refractivity contribution in [2.24, 2.45) is 0 Å². The van der Waals surface area contributed by atoms with Gasteiger partial charge in [-0.15, -0.1) is 0 Å². The zero-order chi connectivity index (χ0) is 14.0. The Morgan fingerprint density at radius 2 is 1.84 bits per heavy atom. The highest BCUT2D eigenvalue weighted by Gasteiger charge is 2.18. The number of rotatable bonds is 3. The molecule has 1 unspecified atom stereocenters. The van der Waals surface area contributed by atoms with Crippen LogP contribution in [0.2, 0.25) is 0 Å². The average Bonchev–Trinajstić information content (AvgIpc) is 2.41. The molecule has 1 N–H and O–H groups in total. The van der Waals surface area contributed by atoms with E-state index in [1.807, 2.05) is 32.0 Å². The lowest BCUT2D eigenvalue weighted by molar-refractivity contribution is 0.213. The van der Waals surface area contributed by atoms with Crippen molar-refractivity contribution in [2.75, 3.05) is 7.11 Å². The van der Waals surface area contributed by atoms with Crippen LogP contribution >= 0.6 is 0 Å². The second-order valence-corrected chi connectivity index (χ2v) is 4.61. The number of hydrogen-bond donors (Lipinski definition) is 1. The number of methoxy groups -OCH3 is 1. The lowest BCUT2D eigenvalue weighted by Crippen LogP contribution is -2.04. The number of aliphatic hydroxyl groups excluding tert-OH is 1. The van der Waals surface area contributed by atoms with E-state index < -0.39 is 11.9 Å². The molecular formula is C16H17FO2. The minimum absolute atomic E-state index is 0.139. The fourth-order valence-corrected chi connectivity index (χ4v) is 2.01. The van der Waals surface area contributed by atoms with Gasteiger partial charge in [0.05, 0.1) is 7.11 Å². The molecule has 1 atom stereocenters. The van der Waals surface area contributed by atoms with Crippen LogP contribution in [0.15, 0.2) is 36.4 Å². The quantitative estimate of drug-likeness (QED) is 0.914. The second-order valence-electron chi connectivity index (χ2n) is 4.61. The van der Waals surface area contributed by atoms with E-state index in [-0.39, 0.29) is 11.3 Å². The molecule has 19 heavy (non-hydrogen) atoms. The highest BCUT2D eigenvalue weighted by atomic mass is 19.1. The zero-order valence-corrected chi connectivity index (χ0v) is 11.3. The molecule has 2 rings (SSSR count). The van der Waals surface area contributed by atoms with E-state index in [9.17, 15) is 9.50 Å². The van der Waals surface area contributed by atoms with E-state index in [2.05, 4.69) is 0 Å². The number of aliphatic hydroxyl groups is 1. The van der Waals surface area contributed by atoms with E-state index >= 15 is 0 Å². The fraction of sp³-hybridized carbons (Fsp3) is 0.250. The Kier molecular flexibility index (Phi) is 3.86. The van der Waals surface area contributed by atoms with Gasteiger partial charge in [-0.05, 0) is 36.6 Å². The maximum Gasteiger partial charge on any atom is 0.171 e. The predicted molar refractivity (Wildman–Crippen MR) is 72.9 cm³/mol. The third-order valence-corrected chi connectivity index (χ3v) is 3.35. The molecule has 0 aliphatic carbocycles. The molecule has 0 aliphatic rings. The molecule has 0 spiro atoms. The van der Waals surface area contributed by atoms with Crippen molar-refractivity contribution in [3.8, 4) is 5.75 Å². The highest BCUT2D eigenvalue weighted by Crippen LogP contribution is 2.29. The summed E-state index contributed by atoms with van der Waals surface area (Å²) >= 11 is 0. The van der Waals surface area contributed by atoms with Crippen LogP contribution in [-0.4, -0.2) is 12.2 Å². The molecule has 0 saturated heterocycles. The van der Waals surface area contributed by atoms with Crippen LogP contribution in [0.25, 0.3) is 0 Å². The number of hydrogen-bond acceptors (Lipinski definition) is 2. The van der Waals surface area contributed by atoms with Gasteiger partial charge in [-0.2, -0.15) is 0 Å². The largest absolute Gasteiger partial charge is 0.494 e. The fourth-order valence-electron chi connectivity index (χ4n) is 2.01. The van der Waals surface area contributed by atoms with Gasteiger partial charge in [0.15, 0.2) is 11.6 Å². The second kappa shape index (κ2) is 5.41. The molecule has 0 bridgehead atoms. The smallest absolute Gasteiger partial charge is 0.171 e. The Balaban J connectivity index is 2.43. The Morgan fingerprint density at radius 1 is 1.11 bits per heavy atom. The summed E-state index contributed by atoms with van der Waals surface area (Å²) in [6.07, 6.45) is -0.991. The van der Waals surface area contributed by atoms with Gasteiger partial charge < -0.3 is 9.84 Å². The first-order valence-electron chi connectivity index (χ1n) is 6.12. The molecule has 2 nitrogen and oxygen atoms in total. The summed E-state index contributed by atoms with van der Waals surface area (Å²) < 4.78 is 19.0. The molecule has 100 valence electrons. The Labute approximate surface area is 112 Å². The Bertz CT molecular complexity index is 593. The van der Waals surface area contributed by atoms with Crippen LogP contribution in [0.5, 0.6) is 5.75 Å². The maximum atomic E-state index is 14.1. The van der Waals surface area contributed by atoms with Crippen LogP contribution in [0, 0.1) is 19.7 Å². The molecule has 0 amide bonds. The van der Waals surface area contributed by atoms with E-state index in [1.165, 1.54) is 13.2 Å². The summed E-state index contributed by atoms with van der Waals surface area (Å²) in [5.74, 6) is -0.379. The minimum Gasteiger partial charge on any atom is -0.494 e. The lowest BCUT2D eigenvalue weighted by Gasteiger charge is -2.15. The lowest BCUT2D eigenvalue weighted by atomic mass is 9.97. The molecule has 0 aromatic heterocycles. The monoisotopic (exact) mass is 260 g/mol. The predicted octanol–water partition coefficient (Wildman–Crippen LogP) is 3.53. The van der Waals surface area contributed by atoms with E-state index in [4.69, 9.17) is 4.74 Å². The van der Waals surface area contributed by atoms with Gasteiger partial charge in [-0.1, -0.05) is 30.3 Å².